The predicted molar refractivity (Wildman–Crippen MR) is 86.0 cm³/mol. The smallest absolute Gasteiger partial charge is 0.164 e. The SMILES string of the molecule is Cc1ccc(SC(CC(=O)c2ccc(C)cc2)C(=O)[O-])cc1. The molecule has 0 N–H and O–H groups in total. The van der Waals surface area contributed by atoms with Gasteiger partial charge in [-0.05, 0) is 26.0 Å². The van der Waals surface area contributed by atoms with Crippen molar-refractivity contribution < 1.29 is 14.7 Å². The van der Waals surface area contributed by atoms with Crippen molar-refractivity contribution in [3.05, 3.63) is 65.2 Å². The summed E-state index contributed by atoms with van der Waals surface area (Å²) in [6.07, 6.45) is -0.0794. The van der Waals surface area contributed by atoms with E-state index in [-0.39, 0.29) is 12.2 Å². The van der Waals surface area contributed by atoms with E-state index in [2.05, 4.69) is 0 Å². The first kappa shape index (κ1) is 16.3. The van der Waals surface area contributed by atoms with E-state index in [9.17, 15) is 14.7 Å². The third kappa shape index (κ3) is 4.46. The highest BCUT2D eigenvalue weighted by atomic mass is 32.2. The summed E-state index contributed by atoms with van der Waals surface area (Å²) in [6, 6.07) is 14.7. The maximum absolute atomic E-state index is 12.2. The Balaban J connectivity index is 2.08. The van der Waals surface area contributed by atoms with Crippen LogP contribution in [0.2, 0.25) is 0 Å². The van der Waals surface area contributed by atoms with E-state index in [1.165, 1.54) is 0 Å². The maximum atomic E-state index is 12.2. The lowest BCUT2D eigenvalue weighted by Gasteiger charge is -2.17. The van der Waals surface area contributed by atoms with E-state index in [1.807, 2.05) is 50.2 Å². The minimum atomic E-state index is -1.22. The van der Waals surface area contributed by atoms with Gasteiger partial charge >= 0.3 is 0 Å². The third-order valence-corrected chi connectivity index (χ3v) is 4.49. The van der Waals surface area contributed by atoms with Crippen molar-refractivity contribution in [2.45, 2.75) is 30.4 Å². The second-order valence-corrected chi connectivity index (χ2v) is 6.51. The number of carbonyl (C=O) groups is 2. The number of rotatable bonds is 6. The second kappa shape index (κ2) is 7.27. The van der Waals surface area contributed by atoms with E-state index in [0.717, 1.165) is 27.8 Å². The number of ketones is 1. The molecule has 1 unspecified atom stereocenters. The van der Waals surface area contributed by atoms with Crippen LogP contribution in [0.15, 0.2) is 53.4 Å². The Bertz CT molecular complexity index is 660. The normalized spacial score (nSPS) is 11.9. The van der Waals surface area contributed by atoms with Gasteiger partial charge in [0.05, 0.1) is 11.2 Å². The lowest BCUT2D eigenvalue weighted by atomic mass is 10.1. The highest BCUT2D eigenvalue weighted by Crippen LogP contribution is 2.26. The monoisotopic (exact) mass is 313 g/mol. The van der Waals surface area contributed by atoms with Gasteiger partial charge in [-0.3, -0.25) is 4.79 Å². The zero-order chi connectivity index (χ0) is 16.1. The molecule has 2 rings (SSSR count). The molecule has 0 saturated carbocycles. The third-order valence-electron chi connectivity index (χ3n) is 3.31. The van der Waals surface area contributed by atoms with Crippen LogP contribution >= 0.6 is 11.8 Å². The molecule has 0 spiro atoms. The van der Waals surface area contributed by atoms with Gasteiger partial charge in [-0.2, -0.15) is 0 Å². The zero-order valence-electron chi connectivity index (χ0n) is 12.5. The molecule has 0 aliphatic rings. The highest BCUT2D eigenvalue weighted by Gasteiger charge is 2.17. The standard InChI is InChI=1S/C18H18O3S/c1-12-3-7-14(8-4-12)16(19)11-17(18(20)21)22-15-9-5-13(2)6-10-15/h3-10,17H,11H2,1-2H3,(H,20,21)/p-1. The molecule has 22 heavy (non-hydrogen) atoms. The van der Waals surface area contributed by atoms with E-state index in [0.29, 0.717) is 5.56 Å². The van der Waals surface area contributed by atoms with Crippen LogP contribution in [0.1, 0.15) is 27.9 Å². The summed E-state index contributed by atoms with van der Waals surface area (Å²) >= 11 is 1.15. The Morgan fingerprint density at radius 2 is 1.45 bits per heavy atom. The predicted octanol–water partition coefficient (Wildman–Crippen LogP) is 2.79. The minimum Gasteiger partial charge on any atom is -0.549 e. The fourth-order valence-electron chi connectivity index (χ4n) is 1.98. The van der Waals surface area contributed by atoms with Gasteiger partial charge in [0, 0.05) is 16.9 Å². The van der Waals surface area contributed by atoms with Crippen molar-refractivity contribution in [3.63, 3.8) is 0 Å². The highest BCUT2D eigenvalue weighted by molar-refractivity contribution is 8.00. The van der Waals surface area contributed by atoms with Gasteiger partial charge in [0.15, 0.2) is 5.78 Å². The molecular weight excluding hydrogens is 296 g/mol. The van der Waals surface area contributed by atoms with Gasteiger partial charge in [-0.15, -0.1) is 11.8 Å². The van der Waals surface area contributed by atoms with Crippen molar-refractivity contribution in [1.29, 1.82) is 0 Å². The summed E-state index contributed by atoms with van der Waals surface area (Å²) in [6.45, 7) is 3.90. The van der Waals surface area contributed by atoms with Gasteiger partial charge in [0.25, 0.3) is 0 Å². The summed E-state index contributed by atoms with van der Waals surface area (Å²) in [5.41, 5.74) is 2.69. The number of hydrogen-bond acceptors (Lipinski definition) is 4. The Morgan fingerprint density at radius 3 is 1.95 bits per heavy atom. The molecular formula is C18H17O3S-. The Kier molecular flexibility index (Phi) is 5.39. The number of aryl methyl sites for hydroxylation is 2. The largest absolute Gasteiger partial charge is 0.549 e. The van der Waals surface area contributed by atoms with E-state index < -0.39 is 11.2 Å². The first-order valence-electron chi connectivity index (χ1n) is 7.00. The molecule has 0 aliphatic carbocycles. The topological polar surface area (TPSA) is 57.2 Å². The molecule has 0 radical (unpaired) electrons. The Morgan fingerprint density at radius 1 is 0.955 bits per heavy atom. The maximum Gasteiger partial charge on any atom is 0.164 e. The van der Waals surface area contributed by atoms with Crippen LogP contribution in [-0.4, -0.2) is 17.0 Å². The number of thioether (sulfide) groups is 1. The van der Waals surface area contributed by atoms with E-state index >= 15 is 0 Å². The molecule has 1 atom stereocenters. The summed E-state index contributed by atoms with van der Waals surface area (Å²) in [5, 5.41) is 10.4. The molecule has 0 bridgehead atoms. The van der Waals surface area contributed by atoms with Crippen molar-refractivity contribution in [1.82, 2.24) is 0 Å². The van der Waals surface area contributed by atoms with Gasteiger partial charge in [0.2, 0.25) is 0 Å². The summed E-state index contributed by atoms with van der Waals surface area (Å²) < 4.78 is 0. The molecule has 4 heteroatoms. The number of carboxylic acids is 1. The van der Waals surface area contributed by atoms with Crippen molar-refractivity contribution in [2.75, 3.05) is 0 Å². The van der Waals surface area contributed by atoms with Gasteiger partial charge in [-0.25, -0.2) is 0 Å². The lowest BCUT2D eigenvalue weighted by molar-refractivity contribution is -0.304. The first-order chi connectivity index (χ1) is 10.5. The minimum absolute atomic E-state index is 0.0794. The number of aliphatic carboxylic acids is 1. The van der Waals surface area contributed by atoms with Gasteiger partial charge < -0.3 is 9.90 Å². The Labute approximate surface area is 134 Å². The van der Waals surface area contributed by atoms with Gasteiger partial charge in [0.1, 0.15) is 0 Å². The fraction of sp³-hybridized carbons (Fsp3) is 0.222. The Hall–Kier alpha value is -2.07. The molecule has 2 aromatic rings. The van der Waals surface area contributed by atoms with Crippen LogP contribution in [0.4, 0.5) is 0 Å². The zero-order valence-corrected chi connectivity index (χ0v) is 13.4. The van der Waals surface area contributed by atoms with Gasteiger partial charge in [-0.1, -0.05) is 47.5 Å². The first-order valence-corrected chi connectivity index (χ1v) is 7.88. The molecule has 0 amide bonds. The molecule has 0 heterocycles. The molecule has 0 aliphatic heterocycles. The quantitative estimate of drug-likeness (QED) is 0.608. The summed E-state index contributed by atoms with van der Waals surface area (Å²) in [5.74, 6) is -1.40. The average Bonchev–Trinajstić information content (AvgIpc) is 2.49. The average molecular weight is 313 g/mol. The van der Waals surface area contributed by atoms with Crippen molar-refractivity contribution in [2.24, 2.45) is 0 Å². The van der Waals surface area contributed by atoms with Crippen molar-refractivity contribution in [3.8, 4) is 0 Å². The van der Waals surface area contributed by atoms with E-state index in [1.54, 1.807) is 12.1 Å². The molecule has 114 valence electrons. The molecule has 0 fully saturated rings. The number of carboxylic acid groups (broad SMARTS) is 1. The summed E-state index contributed by atoms with van der Waals surface area (Å²) in [7, 11) is 0. The molecule has 0 aromatic heterocycles. The number of hydrogen-bond donors (Lipinski definition) is 0. The fourth-order valence-corrected chi connectivity index (χ4v) is 2.93. The number of carbonyl (C=O) groups excluding carboxylic acids is 2. The van der Waals surface area contributed by atoms with Crippen molar-refractivity contribution >= 4 is 23.5 Å². The summed E-state index contributed by atoms with van der Waals surface area (Å²) in [4.78, 5) is 24.3. The molecule has 2 aromatic carbocycles. The van der Waals surface area contributed by atoms with Crippen LogP contribution in [-0.2, 0) is 4.79 Å². The number of benzene rings is 2. The van der Waals surface area contributed by atoms with Crippen LogP contribution in [0, 0.1) is 13.8 Å². The number of Topliss-reactive ketones (excluding diaryl/α,β-unsaturated/α-hetero) is 1. The van der Waals surface area contributed by atoms with Crippen LogP contribution < -0.4 is 5.11 Å². The molecule has 3 nitrogen and oxygen atoms in total. The second-order valence-electron chi connectivity index (χ2n) is 5.23. The van der Waals surface area contributed by atoms with Crippen LogP contribution in [0.5, 0.6) is 0 Å². The van der Waals surface area contributed by atoms with Crippen LogP contribution in [0.3, 0.4) is 0 Å². The van der Waals surface area contributed by atoms with E-state index in [4.69, 9.17) is 0 Å². The lowest BCUT2D eigenvalue weighted by Crippen LogP contribution is -2.35. The molecule has 0 saturated heterocycles. The van der Waals surface area contributed by atoms with Crippen LogP contribution in [0.25, 0.3) is 0 Å².